The minimum atomic E-state index is 0.552. The molecule has 1 unspecified atom stereocenters. The number of piperidine rings is 1. The fraction of sp³-hybridized carbons (Fsp3) is 0.789. The minimum Gasteiger partial charge on any atom is -0.356 e. The molecule has 1 aromatic rings. The first-order chi connectivity index (χ1) is 12.4. The number of rotatable bonds is 4. The Morgan fingerprint density at radius 2 is 1.88 bits per heavy atom. The summed E-state index contributed by atoms with van der Waals surface area (Å²) in [5.41, 5.74) is 2.57. The monoisotopic (exact) mass is 344 g/mol. The number of nitrogens with zero attached hydrogens (tertiary/aromatic N) is 3. The molecule has 2 saturated heterocycles. The molecule has 2 fully saturated rings. The Kier molecular flexibility index (Phi) is 5.67. The standard InChI is InChI=1S/C19H32N6/c1-2-6-12-25(11-5-1)18-16-14-20-10-8-17(16)23-19(24-18)22-13-15-7-3-4-9-21-15/h15,20-21H,1-14H2,(H,22,23,24). The lowest BCUT2D eigenvalue weighted by Gasteiger charge is -2.29. The van der Waals surface area contributed by atoms with Crippen LogP contribution in [0.5, 0.6) is 0 Å². The highest BCUT2D eigenvalue weighted by Crippen LogP contribution is 2.27. The Labute approximate surface area is 151 Å². The van der Waals surface area contributed by atoms with Gasteiger partial charge in [-0.15, -0.1) is 0 Å². The van der Waals surface area contributed by atoms with Crippen LogP contribution in [0.3, 0.4) is 0 Å². The van der Waals surface area contributed by atoms with Crippen LogP contribution in [0.2, 0.25) is 0 Å². The molecule has 4 heterocycles. The lowest BCUT2D eigenvalue weighted by Crippen LogP contribution is -2.39. The summed E-state index contributed by atoms with van der Waals surface area (Å²) in [6, 6.07) is 0.552. The van der Waals surface area contributed by atoms with E-state index in [4.69, 9.17) is 9.97 Å². The third-order valence-corrected chi connectivity index (χ3v) is 5.74. The topological polar surface area (TPSA) is 65.1 Å². The number of nitrogens with one attached hydrogen (secondary N) is 3. The van der Waals surface area contributed by atoms with Gasteiger partial charge in [-0.1, -0.05) is 19.3 Å². The zero-order valence-corrected chi connectivity index (χ0v) is 15.3. The van der Waals surface area contributed by atoms with Gasteiger partial charge in [-0.25, -0.2) is 4.98 Å². The van der Waals surface area contributed by atoms with Gasteiger partial charge in [0.2, 0.25) is 5.95 Å². The van der Waals surface area contributed by atoms with Crippen molar-refractivity contribution < 1.29 is 0 Å². The Hall–Kier alpha value is -1.40. The molecule has 138 valence electrons. The van der Waals surface area contributed by atoms with Crippen molar-refractivity contribution in [3.63, 3.8) is 0 Å². The second-order valence-electron chi connectivity index (χ2n) is 7.65. The van der Waals surface area contributed by atoms with Gasteiger partial charge in [-0.05, 0) is 32.2 Å². The van der Waals surface area contributed by atoms with E-state index in [1.807, 2.05) is 0 Å². The first kappa shape index (κ1) is 17.0. The van der Waals surface area contributed by atoms with E-state index in [1.54, 1.807) is 0 Å². The van der Waals surface area contributed by atoms with Crippen molar-refractivity contribution in [2.45, 2.75) is 64.0 Å². The quantitative estimate of drug-likeness (QED) is 0.777. The van der Waals surface area contributed by atoms with Crippen LogP contribution in [-0.2, 0) is 13.0 Å². The van der Waals surface area contributed by atoms with Crippen LogP contribution in [0, 0.1) is 0 Å². The number of anilines is 2. The molecule has 0 amide bonds. The van der Waals surface area contributed by atoms with E-state index in [-0.39, 0.29) is 0 Å². The molecule has 3 aliphatic rings. The highest BCUT2D eigenvalue weighted by Gasteiger charge is 2.22. The van der Waals surface area contributed by atoms with Crippen molar-refractivity contribution in [1.29, 1.82) is 0 Å². The van der Waals surface area contributed by atoms with Gasteiger partial charge in [0.05, 0.1) is 5.69 Å². The third kappa shape index (κ3) is 4.23. The normalized spacial score (nSPS) is 24.5. The van der Waals surface area contributed by atoms with Crippen LogP contribution in [-0.4, -0.2) is 48.7 Å². The molecule has 4 rings (SSSR count). The van der Waals surface area contributed by atoms with Gasteiger partial charge in [0.25, 0.3) is 0 Å². The van der Waals surface area contributed by atoms with E-state index in [0.29, 0.717) is 6.04 Å². The molecule has 0 saturated carbocycles. The molecule has 3 N–H and O–H groups in total. The number of hydrogen-bond donors (Lipinski definition) is 3. The van der Waals surface area contributed by atoms with Crippen molar-refractivity contribution in [3.8, 4) is 0 Å². The predicted octanol–water partition coefficient (Wildman–Crippen LogP) is 2.06. The molecule has 6 heteroatoms. The Balaban J connectivity index is 1.53. The van der Waals surface area contributed by atoms with Crippen molar-refractivity contribution in [1.82, 2.24) is 20.6 Å². The smallest absolute Gasteiger partial charge is 0.224 e. The Morgan fingerprint density at radius 3 is 2.68 bits per heavy atom. The van der Waals surface area contributed by atoms with Gasteiger partial charge in [0, 0.05) is 50.7 Å². The van der Waals surface area contributed by atoms with E-state index in [9.17, 15) is 0 Å². The summed E-state index contributed by atoms with van der Waals surface area (Å²) in [6.07, 6.45) is 10.1. The summed E-state index contributed by atoms with van der Waals surface area (Å²) in [7, 11) is 0. The van der Waals surface area contributed by atoms with Crippen LogP contribution in [0.4, 0.5) is 11.8 Å². The summed E-state index contributed by atoms with van der Waals surface area (Å²) in [6.45, 7) is 6.26. The molecule has 0 bridgehead atoms. The van der Waals surface area contributed by atoms with E-state index >= 15 is 0 Å². The summed E-state index contributed by atoms with van der Waals surface area (Å²) < 4.78 is 0. The molecule has 1 aromatic heterocycles. The molecule has 0 aromatic carbocycles. The summed E-state index contributed by atoms with van der Waals surface area (Å²) in [5, 5.41) is 10.6. The predicted molar refractivity (Wildman–Crippen MR) is 102 cm³/mol. The van der Waals surface area contributed by atoms with Gasteiger partial charge in [-0.2, -0.15) is 4.98 Å². The summed E-state index contributed by atoms with van der Waals surface area (Å²) in [4.78, 5) is 12.3. The van der Waals surface area contributed by atoms with Gasteiger partial charge in [-0.3, -0.25) is 0 Å². The summed E-state index contributed by atoms with van der Waals surface area (Å²) >= 11 is 0. The lowest BCUT2D eigenvalue weighted by atomic mass is 10.1. The van der Waals surface area contributed by atoms with E-state index < -0.39 is 0 Å². The average molecular weight is 345 g/mol. The van der Waals surface area contributed by atoms with Crippen molar-refractivity contribution in [2.24, 2.45) is 0 Å². The van der Waals surface area contributed by atoms with Crippen LogP contribution < -0.4 is 20.9 Å². The maximum absolute atomic E-state index is 4.97. The maximum atomic E-state index is 4.97. The van der Waals surface area contributed by atoms with Crippen LogP contribution in [0.1, 0.15) is 56.2 Å². The largest absolute Gasteiger partial charge is 0.356 e. The molecule has 6 nitrogen and oxygen atoms in total. The van der Waals surface area contributed by atoms with Crippen LogP contribution in [0.25, 0.3) is 0 Å². The number of hydrogen-bond acceptors (Lipinski definition) is 6. The zero-order valence-electron chi connectivity index (χ0n) is 15.3. The summed E-state index contributed by atoms with van der Waals surface area (Å²) in [5.74, 6) is 2.01. The highest BCUT2D eigenvalue weighted by molar-refractivity contribution is 5.53. The van der Waals surface area contributed by atoms with Crippen molar-refractivity contribution in [2.75, 3.05) is 42.9 Å². The first-order valence-corrected chi connectivity index (χ1v) is 10.2. The second kappa shape index (κ2) is 8.32. The first-order valence-electron chi connectivity index (χ1n) is 10.2. The number of aromatic nitrogens is 2. The third-order valence-electron chi connectivity index (χ3n) is 5.74. The van der Waals surface area contributed by atoms with Gasteiger partial charge in [0.1, 0.15) is 5.82 Å². The van der Waals surface area contributed by atoms with E-state index in [2.05, 4.69) is 20.9 Å². The van der Waals surface area contributed by atoms with Crippen molar-refractivity contribution in [3.05, 3.63) is 11.3 Å². The maximum Gasteiger partial charge on any atom is 0.224 e. The average Bonchev–Trinajstić information content (AvgIpc) is 2.96. The van der Waals surface area contributed by atoms with Crippen molar-refractivity contribution >= 4 is 11.8 Å². The van der Waals surface area contributed by atoms with Gasteiger partial charge in [0.15, 0.2) is 0 Å². The second-order valence-corrected chi connectivity index (χ2v) is 7.65. The van der Waals surface area contributed by atoms with E-state index in [0.717, 1.165) is 51.6 Å². The zero-order chi connectivity index (χ0) is 16.9. The fourth-order valence-electron chi connectivity index (χ4n) is 4.26. The van der Waals surface area contributed by atoms with Gasteiger partial charge >= 0.3 is 0 Å². The molecule has 25 heavy (non-hydrogen) atoms. The molecular formula is C19H32N6. The van der Waals surface area contributed by atoms with Crippen LogP contribution in [0.15, 0.2) is 0 Å². The Bertz CT molecular complexity index is 561. The molecule has 0 aliphatic carbocycles. The highest BCUT2D eigenvalue weighted by atomic mass is 15.2. The molecule has 1 atom stereocenters. The van der Waals surface area contributed by atoms with Gasteiger partial charge < -0.3 is 20.9 Å². The minimum absolute atomic E-state index is 0.552. The fourth-order valence-corrected chi connectivity index (χ4v) is 4.26. The SMILES string of the molecule is C1CCCN(c2nc(NCC3CCCCN3)nc3c2CNCC3)CC1. The van der Waals surface area contributed by atoms with Crippen LogP contribution >= 0.6 is 0 Å². The van der Waals surface area contributed by atoms with E-state index in [1.165, 1.54) is 62.0 Å². The Morgan fingerprint density at radius 1 is 1.00 bits per heavy atom. The molecule has 3 aliphatic heterocycles. The lowest BCUT2D eigenvalue weighted by molar-refractivity contribution is 0.413. The number of fused-ring (bicyclic) bond motifs is 1. The molecular weight excluding hydrogens is 312 g/mol. The molecule has 0 radical (unpaired) electrons. The molecule has 0 spiro atoms.